The highest BCUT2D eigenvalue weighted by Crippen LogP contribution is 2.34. The lowest BCUT2D eigenvalue weighted by Gasteiger charge is -2.30. The van der Waals surface area contributed by atoms with Crippen LogP contribution in [0.5, 0.6) is 0 Å². The molecule has 0 bridgehead atoms. The molecule has 0 aromatic carbocycles. The highest BCUT2D eigenvalue weighted by atomic mass is 32.1. The number of alkyl halides is 3. The first-order valence-corrected chi connectivity index (χ1v) is 7.90. The minimum absolute atomic E-state index is 0.230. The summed E-state index contributed by atoms with van der Waals surface area (Å²) in [5.41, 5.74) is 0. The summed E-state index contributed by atoms with van der Waals surface area (Å²) in [7, 11) is 0. The fourth-order valence-electron chi connectivity index (χ4n) is 2.72. The van der Waals surface area contributed by atoms with Crippen LogP contribution in [0.1, 0.15) is 44.2 Å². The van der Waals surface area contributed by atoms with E-state index in [4.69, 9.17) is 0 Å². The van der Waals surface area contributed by atoms with E-state index in [-0.39, 0.29) is 5.91 Å². The molecule has 0 saturated carbocycles. The van der Waals surface area contributed by atoms with Crippen molar-refractivity contribution in [2.24, 2.45) is 0 Å². The highest BCUT2D eigenvalue weighted by Gasteiger charge is 2.44. The Morgan fingerprint density at radius 2 is 2.19 bits per heavy atom. The molecule has 2 rings (SSSR count). The molecule has 1 saturated heterocycles. The van der Waals surface area contributed by atoms with Crippen LogP contribution in [0.15, 0.2) is 17.5 Å². The Labute approximate surface area is 126 Å². The fraction of sp³-hybridized carbons (Fsp3) is 0.643. The van der Waals surface area contributed by atoms with Crippen LogP contribution in [0.3, 0.4) is 0 Å². The van der Waals surface area contributed by atoms with E-state index in [9.17, 15) is 18.0 Å². The number of carbonyl (C=O) groups is 1. The number of carbonyl (C=O) groups excluding carboxylic acids is 1. The molecule has 0 spiro atoms. The van der Waals surface area contributed by atoms with Crippen LogP contribution in [0.4, 0.5) is 13.2 Å². The van der Waals surface area contributed by atoms with Crippen molar-refractivity contribution in [3.05, 3.63) is 22.4 Å². The predicted molar refractivity (Wildman–Crippen MR) is 75.9 cm³/mol. The van der Waals surface area contributed by atoms with Gasteiger partial charge in [-0.05, 0) is 24.8 Å². The Morgan fingerprint density at radius 3 is 2.71 bits per heavy atom. The Kier molecular flexibility index (Phi) is 4.93. The van der Waals surface area contributed by atoms with Crippen molar-refractivity contribution in [1.82, 2.24) is 10.2 Å². The first kappa shape index (κ1) is 16.3. The second kappa shape index (κ2) is 6.36. The Hall–Kier alpha value is -1.08. The van der Waals surface area contributed by atoms with Crippen LogP contribution in [0.2, 0.25) is 0 Å². The molecule has 3 unspecified atom stereocenters. The van der Waals surface area contributed by atoms with Crippen molar-refractivity contribution in [3.63, 3.8) is 0 Å². The van der Waals surface area contributed by atoms with E-state index < -0.39 is 30.8 Å². The van der Waals surface area contributed by atoms with Gasteiger partial charge in [-0.1, -0.05) is 19.4 Å². The van der Waals surface area contributed by atoms with Gasteiger partial charge in [-0.2, -0.15) is 13.2 Å². The molecule has 7 heteroatoms. The van der Waals surface area contributed by atoms with Crippen LogP contribution in [-0.2, 0) is 4.79 Å². The first-order valence-electron chi connectivity index (χ1n) is 7.02. The van der Waals surface area contributed by atoms with E-state index in [1.54, 1.807) is 0 Å². The zero-order valence-electron chi connectivity index (χ0n) is 12.0. The maximum atomic E-state index is 12.6. The molecule has 1 aromatic rings. The van der Waals surface area contributed by atoms with Gasteiger partial charge in [0.05, 0.1) is 12.5 Å². The van der Waals surface area contributed by atoms with E-state index in [0.29, 0.717) is 6.42 Å². The second-order valence-corrected chi connectivity index (χ2v) is 6.32. The largest absolute Gasteiger partial charge is 0.391 e. The summed E-state index contributed by atoms with van der Waals surface area (Å²) in [5.74, 6) is -0.230. The Morgan fingerprint density at radius 1 is 1.48 bits per heavy atom. The summed E-state index contributed by atoms with van der Waals surface area (Å²) < 4.78 is 37.9. The number of nitrogens with zero attached hydrogens (tertiary/aromatic N) is 1. The average molecular weight is 320 g/mol. The summed E-state index contributed by atoms with van der Waals surface area (Å²) in [6, 6.07) is 2.42. The number of hydrogen-bond acceptors (Lipinski definition) is 3. The van der Waals surface area contributed by atoms with Crippen molar-refractivity contribution in [2.75, 3.05) is 0 Å². The minimum Gasteiger partial charge on any atom is -0.318 e. The average Bonchev–Trinajstić information content (AvgIpc) is 2.96. The van der Waals surface area contributed by atoms with Gasteiger partial charge in [-0.15, -0.1) is 11.3 Å². The number of amides is 1. The highest BCUT2D eigenvalue weighted by molar-refractivity contribution is 7.10. The quantitative estimate of drug-likeness (QED) is 0.897. The molecule has 1 aliphatic heterocycles. The van der Waals surface area contributed by atoms with Crippen molar-refractivity contribution in [1.29, 1.82) is 0 Å². The molecule has 1 aromatic heterocycles. The lowest BCUT2D eigenvalue weighted by atomic mass is 10.1. The Bertz CT molecular complexity index is 475. The molecule has 1 amide bonds. The zero-order chi connectivity index (χ0) is 15.6. The summed E-state index contributed by atoms with van der Waals surface area (Å²) in [5, 5.41) is 5.04. The molecular weight excluding hydrogens is 301 g/mol. The fourth-order valence-corrected chi connectivity index (χ4v) is 3.50. The summed E-state index contributed by atoms with van der Waals surface area (Å²) in [4.78, 5) is 14.7. The van der Waals surface area contributed by atoms with E-state index in [0.717, 1.165) is 11.3 Å². The zero-order valence-corrected chi connectivity index (χ0v) is 12.8. The maximum absolute atomic E-state index is 12.6. The summed E-state index contributed by atoms with van der Waals surface area (Å²) >= 11 is 1.44. The molecule has 0 aliphatic carbocycles. The lowest BCUT2D eigenvalue weighted by Crippen LogP contribution is -2.40. The van der Waals surface area contributed by atoms with Gasteiger partial charge in [-0.25, -0.2) is 0 Å². The van der Waals surface area contributed by atoms with E-state index in [2.05, 4.69) is 5.32 Å². The van der Waals surface area contributed by atoms with Crippen LogP contribution in [0, 0.1) is 0 Å². The molecular formula is C14H19F3N2OS. The van der Waals surface area contributed by atoms with Crippen LogP contribution in [0.25, 0.3) is 0 Å². The summed E-state index contributed by atoms with van der Waals surface area (Å²) in [6.07, 6.45) is -4.27. The predicted octanol–water partition coefficient (Wildman–Crippen LogP) is 3.69. The third-order valence-corrected chi connectivity index (χ3v) is 4.51. The van der Waals surface area contributed by atoms with Crippen molar-refractivity contribution in [3.8, 4) is 0 Å². The number of rotatable bonds is 5. The number of hydrogen-bond donors (Lipinski definition) is 1. The molecule has 2 heterocycles. The molecule has 21 heavy (non-hydrogen) atoms. The molecule has 0 radical (unpaired) electrons. The van der Waals surface area contributed by atoms with Gasteiger partial charge in [-0.3, -0.25) is 10.1 Å². The first-order chi connectivity index (χ1) is 9.83. The van der Waals surface area contributed by atoms with Crippen molar-refractivity contribution < 1.29 is 18.0 Å². The van der Waals surface area contributed by atoms with Crippen LogP contribution >= 0.6 is 11.3 Å². The van der Waals surface area contributed by atoms with Gasteiger partial charge >= 0.3 is 6.18 Å². The molecule has 1 aliphatic rings. The smallest absolute Gasteiger partial charge is 0.318 e. The second-order valence-electron chi connectivity index (χ2n) is 5.34. The number of nitrogens with one attached hydrogen (secondary N) is 1. The molecule has 1 N–H and O–H groups in total. The van der Waals surface area contributed by atoms with Gasteiger partial charge in [0.1, 0.15) is 6.17 Å². The molecule has 3 nitrogen and oxygen atoms in total. The third kappa shape index (κ3) is 3.77. The van der Waals surface area contributed by atoms with Crippen LogP contribution < -0.4 is 5.32 Å². The van der Waals surface area contributed by atoms with Gasteiger partial charge in [0, 0.05) is 10.9 Å². The molecule has 1 fully saturated rings. The number of halogens is 3. The SMILES string of the molecule is CCCC1NC(c2cccs2)N(C(C)CC(F)(F)F)C1=O. The van der Waals surface area contributed by atoms with Crippen LogP contribution in [-0.4, -0.2) is 29.1 Å². The van der Waals surface area contributed by atoms with Gasteiger partial charge in [0.15, 0.2) is 0 Å². The van der Waals surface area contributed by atoms with E-state index >= 15 is 0 Å². The van der Waals surface area contributed by atoms with E-state index in [1.165, 1.54) is 23.2 Å². The van der Waals surface area contributed by atoms with Gasteiger partial charge in [0.25, 0.3) is 0 Å². The third-order valence-electron chi connectivity index (χ3n) is 3.58. The standard InChI is InChI=1S/C14H19F3N2OS/c1-3-5-10-13(20)19(9(2)8-14(15,16)17)12(18-10)11-6-4-7-21-11/h4,6-7,9-10,12,18H,3,5,8H2,1-2H3. The number of thiophene rings is 1. The minimum atomic E-state index is -4.28. The van der Waals surface area contributed by atoms with Crippen molar-refractivity contribution in [2.45, 2.75) is 57.5 Å². The maximum Gasteiger partial charge on any atom is 0.391 e. The van der Waals surface area contributed by atoms with Gasteiger partial charge < -0.3 is 4.90 Å². The Balaban J connectivity index is 2.22. The monoisotopic (exact) mass is 320 g/mol. The van der Waals surface area contributed by atoms with Gasteiger partial charge in [0.2, 0.25) is 5.91 Å². The lowest BCUT2D eigenvalue weighted by molar-refractivity contribution is -0.153. The van der Waals surface area contributed by atoms with Crippen molar-refractivity contribution >= 4 is 17.2 Å². The molecule has 118 valence electrons. The van der Waals surface area contributed by atoms with E-state index in [1.807, 2.05) is 24.4 Å². The molecule has 3 atom stereocenters. The normalized spacial score (nSPS) is 24.6. The topological polar surface area (TPSA) is 32.3 Å². The summed E-state index contributed by atoms with van der Waals surface area (Å²) in [6.45, 7) is 3.42.